The summed E-state index contributed by atoms with van der Waals surface area (Å²) in [5, 5.41) is 25.9. The summed E-state index contributed by atoms with van der Waals surface area (Å²) in [6, 6.07) is 16.4. The van der Waals surface area contributed by atoms with E-state index in [0.717, 1.165) is 12.8 Å². The fourth-order valence-electron chi connectivity index (χ4n) is 9.66. The number of nitrogens with one attached hydrogen (secondary N) is 1. The second-order valence-electron chi connectivity index (χ2n) is 15.5. The molecule has 5 rings (SSSR count). The molecule has 3 aliphatic rings. The van der Waals surface area contributed by atoms with E-state index in [0.29, 0.717) is 35.4 Å². The minimum Gasteiger partial charge on any atom is -0.489 e. The van der Waals surface area contributed by atoms with Gasteiger partial charge < -0.3 is 34.9 Å². The molecule has 5 N–H and O–H groups in total. The monoisotopic (exact) mass is 728 g/mol. The summed E-state index contributed by atoms with van der Waals surface area (Å²) in [6.45, 7) is 8.51. The first-order valence-electron chi connectivity index (χ1n) is 18.5. The van der Waals surface area contributed by atoms with Gasteiger partial charge in [-0.1, -0.05) is 63.2 Å². The second-order valence-corrected chi connectivity index (χ2v) is 17.2. The number of methoxy groups -OCH3 is 3. The van der Waals surface area contributed by atoms with Gasteiger partial charge in [-0.05, 0) is 92.5 Å². The van der Waals surface area contributed by atoms with E-state index < -0.39 is 33.2 Å². The fourth-order valence-corrected chi connectivity index (χ4v) is 10.9. The van der Waals surface area contributed by atoms with Gasteiger partial charge in [0.25, 0.3) is 0 Å². The number of rotatable bonds is 12. The zero-order valence-electron chi connectivity index (χ0n) is 31.3. The van der Waals surface area contributed by atoms with Gasteiger partial charge in [-0.2, -0.15) is 0 Å². The molecule has 4 unspecified atom stereocenters. The van der Waals surface area contributed by atoms with Crippen molar-refractivity contribution in [3.8, 4) is 0 Å². The average Bonchev–Trinajstić information content (AvgIpc) is 3.34. The van der Waals surface area contributed by atoms with Gasteiger partial charge >= 0.3 is 0 Å². The van der Waals surface area contributed by atoms with E-state index in [2.05, 4.69) is 25.5 Å². The quantitative estimate of drug-likeness (QED) is 0.220. The first-order chi connectivity index (χ1) is 24.2. The molecule has 11 heteroatoms. The van der Waals surface area contributed by atoms with Crippen LogP contribution in [0.4, 0.5) is 5.69 Å². The Morgan fingerprint density at radius 3 is 2.29 bits per heavy atom. The molecule has 10 nitrogen and oxygen atoms in total. The summed E-state index contributed by atoms with van der Waals surface area (Å²) in [7, 11) is 1.14. The smallest absolute Gasteiger partial charge is 0.236 e. The number of hydrogen-bond donors (Lipinski definition) is 4. The maximum absolute atomic E-state index is 13.5. The normalized spacial score (nSPS) is 37.5. The lowest BCUT2D eigenvalue weighted by atomic mass is 9.65. The molecular weight excluding hydrogens is 669 g/mol. The zero-order chi connectivity index (χ0) is 37.1. The number of sulfonamides is 1. The maximum Gasteiger partial charge on any atom is 0.236 e. The fraction of sp³-hybridized carbons (Fsp3) is 0.650. The van der Waals surface area contributed by atoms with Gasteiger partial charge in [0.05, 0.1) is 29.8 Å². The molecule has 0 spiro atoms. The number of ether oxygens (including phenoxy) is 4. The molecule has 51 heavy (non-hydrogen) atoms. The van der Waals surface area contributed by atoms with E-state index in [4.69, 9.17) is 24.7 Å². The molecule has 0 amide bonds. The van der Waals surface area contributed by atoms with Crippen LogP contribution in [0.3, 0.4) is 0 Å². The molecule has 12 atom stereocenters. The Morgan fingerprint density at radius 1 is 0.961 bits per heavy atom. The van der Waals surface area contributed by atoms with Gasteiger partial charge in [0.1, 0.15) is 23.1 Å². The number of nitrogens with two attached hydrogens (primary N) is 1. The third-order valence-corrected chi connectivity index (χ3v) is 13.6. The van der Waals surface area contributed by atoms with E-state index in [1.807, 2.05) is 43.3 Å². The highest BCUT2D eigenvalue weighted by atomic mass is 32.2. The average molecular weight is 729 g/mol. The molecule has 284 valence electrons. The molecule has 2 aromatic rings. The molecule has 1 aliphatic heterocycles. The highest BCUT2D eigenvalue weighted by Gasteiger charge is 2.69. The number of aliphatic hydroxyl groups is 2. The molecule has 1 heterocycles. The molecule has 2 aliphatic carbocycles. The minimum absolute atomic E-state index is 0.00150. The van der Waals surface area contributed by atoms with Crippen molar-refractivity contribution in [2.24, 2.45) is 41.2 Å². The summed E-state index contributed by atoms with van der Waals surface area (Å²) < 4.78 is 54.5. The van der Waals surface area contributed by atoms with Gasteiger partial charge in [-0.3, -0.25) is 4.72 Å². The summed E-state index contributed by atoms with van der Waals surface area (Å²) in [5.74, 6) is -0.535. The number of para-hydroxylation sites is 1. The lowest BCUT2D eigenvalue weighted by Crippen LogP contribution is -2.67. The van der Waals surface area contributed by atoms with Gasteiger partial charge in [0.2, 0.25) is 10.0 Å². The van der Waals surface area contributed by atoms with Crippen LogP contribution in [0.1, 0.15) is 70.9 Å². The Bertz CT molecular complexity index is 1590. The third kappa shape index (κ3) is 7.91. The molecular formula is C40H60N2O8S. The van der Waals surface area contributed by atoms with Crippen molar-refractivity contribution in [3.05, 3.63) is 71.8 Å². The Kier molecular flexibility index (Phi) is 12.6. The van der Waals surface area contributed by atoms with Crippen molar-refractivity contribution in [2.75, 3.05) is 32.6 Å². The molecule has 0 aromatic heterocycles. The molecule has 0 bridgehead atoms. The number of fused-ring (bicyclic) bond motifs is 1. The summed E-state index contributed by atoms with van der Waals surface area (Å²) in [6.07, 6.45) is 3.44. The van der Waals surface area contributed by atoms with Crippen molar-refractivity contribution in [3.63, 3.8) is 0 Å². The van der Waals surface area contributed by atoms with E-state index in [-0.39, 0.29) is 66.6 Å². The van der Waals surface area contributed by atoms with Crippen LogP contribution in [-0.4, -0.2) is 82.1 Å². The summed E-state index contributed by atoms with van der Waals surface area (Å²) in [5.41, 5.74) is 5.13. The van der Waals surface area contributed by atoms with E-state index in [1.54, 1.807) is 45.6 Å². The lowest BCUT2D eigenvalue weighted by molar-refractivity contribution is -0.248. The largest absolute Gasteiger partial charge is 0.489 e. The number of hydrogen-bond acceptors (Lipinski definition) is 9. The highest BCUT2D eigenvalue weighted by Crippen LogP contribution is 2.60. The Hall–Kier alpha value is -2.51. The molecule has 0 saturated heterocycles. The van der Waals surface area contributed by atoms with Crippen LogP contribution in [0, 0.1) is 35.5 Å². The predicted octanol–water partition coefficient (Wildman–Crippen LogP) is 5.59. The second kappa shape index (κ2) is 16.2. The molecule has 2 fully saturated rings. The first kappa shape index (κ1) is 39.7. The third-order valence-electron chi connectivity index (χ3n) is 12.4. The molecule has 2 aromatic carbocycles. The van der Waals surface area contributed by atoms with Crippen LogP contribution in [0.15, 0.2) is 60.7 Å². The Morgan fingerprint density at radius 2 is 1.65 bits per heavy atom. The van der Waals surface area contributed by atoms with Crippen LogP contribution in [0.25, 0.3) is 5.76 Å². The first-order valence-corrected chi connectivity index (χ1v) is 20.1. The van der Waals surface area contributed by atoms with Crippen LogP contribution >= 0.6 is 0 Å². The van der Waals surface area contributed by atoms with E-state index >= 15 is 0 Å². The lowest BCUT2D eigenvalue weighted by Gasteiger charge is -2.51. The van der Waals surface area contributed by atoms with Gasteiger partial charge in [-0.15, -0.1) is 0 Å². The van der Waals surface area contributed by atoms with Crippen LogP contribution in [0.5, 0.6) is 0 Å². The minimum atomic E-state index is -3.76. The van der Waals surface area contributed by atoms with Crippen molar-refractivity contribution in [1.82, 2.24) is 0 Å². The van der Waals surface area contributed by atoms with Crippen molar-refractivity contribution < 1.29 is 37.6 Å². The van der Waals surface area contributed by atoms with E-state index in [9.17, 15) is 18.6 Å². The van der Waals surface area contributed by atoms with Gasteiger partial charge in [0.15, 0.2) is 0 Å². The molecule has 0 radical (unpaired) electrons. The summed E-state index contributed by atoms with van der Waals surface area (Å²) >= 11 is 0. The standard InChI is InChI=1S/C40H60N2O8S/c1-25-17-18-31(48-6)21-36(32-15-11-12-16-35(32)42-51(45,46)24-29-13-9-8-10-14-29)50-37(25)33-20-30(23-41)39(43,22-27(3)47-5)40(44)34(28(33)4)19-26(2)38(40)49-7/h8-16,21,25-28,30-31,33-34,37-38,42-44H,17-20,22-24,41H2,1-7H3/b36-21-/t25-,26-,27+,28?,30?,31-,33?,34?,37-,38-,39-,40-/m0/s1. The molecule has 2 saturated carbocycles. The van der Waals surface area contributed by atoms with E-state index in [1.165, 1.54) is 0 Å². The van der Waals surface area contributed by atoms with Crippen LogP contribution in [0.2, 0.25) is 0 Å². The predicted molar refractivity (Wildman–Crippen MR) is 200 cm³/mol. The number of anilines is 1. The SMILES string of the molecule is CO[C@H](C)C[C@]1(O)C(CN)CC([C@H]2O/C(c3ccccc3NS(=O)(=O)Cc3ccccc3)=C\[C@@H](OC)CC[C@@H]2C)C(C)C2C[C@H](C)[C@H](OC)[C@@]21O. The van der Waals surface area contributed by atoms with Crippen molar-refractivity contribution >= 4 is 21.5 Å². The van der Waals surface area contributed by atoms with Crippen molar-refractivity contribution in [2.45, 2.75) is 101 Å². The zero-order valence-corrected chi connectivity index (χ0v) is 32.1. The van der Waals surface area contributed by atoms with Crippen molar-refractivity contribution in [1.29, 1.82) is 0 Å². The topological polar surface area (TPSA) is 150 Å². The van der Waals surface area contributed by atoms with Crippen LogP contribution < -0.4 is 10.5 Å². The Balaban J connectivity index is 1.57. The Labute approximate surface area is 305 Å². The maximum atomic E-state index is 13.5. The van der Waals surface area contributed by atoms with Gasteiger partial charge in [0, 0.05) is 39.2 Å². The van der Waals surface area contributed by atoms with Crippen LogP contribution in [-0.2, 0) is 34.7 Å². The summed E-state index contributed by atoms with van der Waals surface area (Å²) in [4.78, 5) is 0. The number of benzene rings is 2. The highest BCUT2D eigenvalue weighted by molar-refractivity contribution is 7.91. The van der Waals surface area contributed by atoms with Gasteiger partial charge in [-0.25, -0.2) is 8.42 Å².